The SMILES string of the molecule is Brc1ccc2c(c1)c1ccc3ccn(-c4ccccc4)c3c1n2-c1ccccc1.CC1(C)c2ccccc2-c2ccc(N(c3ccc(-c4ccccc4)cc3)c3ccc(-c4ccc5c(c4)c4ccc6ccn(-c7ccccc7)c6c4n5-c4ccccc4)cc3)cc21.CC1(C)c2ccccc2-c2ccc(N(c3ccc(O[B]O)cc3)c3ccc(-c4ccccc4)cc3)cc21. The van der Waals surface area contributed by atoms with Crippen molar-refractivity contribution in [3.8, 4) is 84.1 Å². The molecule has 4 aromatic heterocycles. The van der Waals surface area contributed by atoms with Crippen LogP contribution in [-0.2, 0) is 10.8 Å². The number of fused-ring (bicyclic) bond motifs is 16. The highest BCUT2D eigenvalue weighted by atomic mass is 79.9. The summed E-state index contributed by atoms with van der Waals surface area (Å²) in [6.07, 6.45) is 4.37. The largest absolute Gasteiger partial charge is 0.569 e. The maximum Gasteiger partial charge on any atom is 0.569 e. The topological polar surface area (TPSA) is 55.7 Å². The summed E-state index contributed by atoms with van der Waals surface area (Å²) in [5.41, 5.74) is 36.1. The van der Waals surface area contributed by atoms with Gasteiger partial charge in [-0.05, 0) is 254 Å². The van der Waals surface area contributed by atoms with Crippen LogP contribution in [0.15, 0.2) is 454 Å². The first-order valence-corrected chi connectivity index (χ1v) is 44.4. The number of anilines is 6. The highest BCUT2D eigenvalue weighted by molar-refractivity contribution is 9.10. The summed E-state index contributed by atoms with van der Waals surface area (Å²) < 4.78 is 15.7. The average Bonchev–Trinajstić information content (AvgIpc) is 1.55. The van der Waals surface area contributed by atoms with Gasteiger partial charge in [0, 0.05) is 117 Å². The van der Waals surface area contributed by atoms with Crippen molar-refractivity contribution in [3.63, 3.8) is 0 Å². The summed E-state index contributed by atoms with van der Waals surface area (Å²) in [5.74, 6) is 0.580. The first-order valence-electron chi connectivity index (χ1n) is 43.7. The molecule has 2 aliphatic carbocycles. The van der Waals surface area contributed by atoms with Gasteiger partial charge >= 0.3 is 7.69 Å². The maximum atomic E-state index is 9.03. The Labute approximate surface area is 754 Å². The molecular formula is C118H87BBrN6O2. The van der Waals surface area contributed by atoms with E-state index in [2.05, 4.69) is 491 Å². The molecule has 128 heavy (non-hydrogen) atoms. The number of hydrogen-bond acceptors (Lipinski definition) is 4. The molecule has 10 heteroatoms. The minimum absolute atomic E-state index is 0.0839. The average molecular weight is 1710 g/mol. The first-order chi connectivity index (χ1) is 62.9. The second-order valence-corrected chi connectivity index (χ2v) is 35.1. The number of para-hydroxylation sites is 4. The van der Waals surface area contributed by atoms with Crippen LogP contribution in [0.1, 0.15) is 49.9 Å². The lowest BCUT2D eigenvalue weighted by Crippen LogP contribution is -2.16. The van der Waals surface area contributed by atoms with Crippen molar-refractivity contribution in [2.75, 3.05) is 9.80 Å². The standard InChI is InChI=1S/C59H43N3.C33H27BNO2.C26H17BrN2/c1-59(2)54-21-13-12-20-50(54)51-34-32-49(39-55(51)59)61(47-28-22-41(23-29-47)40-14-6-3-7-15-40)48-30-24-42(25-31-48)44-27-35-56-53(38-44)52-33-26-43-36-37-60(45-16-8-4-9-17-45)57(43)58(52)62(56)46-18-10-5-11-19-46;1-33(2)31-11-7-6-10-29(31)30-21-18-27(22-32(30)33)35(26-16-19-28(20-17-26)37-34-36)25-14-12-24(13-15-25)23-8-4-3-5-9-23;27-19-12-14-24-23(17-19)22-13-11-18-15-16-28(20-7-3-1-4-8-20)25(18)26(22)29(24)21-9-5-2-6-10-21/h3-39H,1-2H3;3-22,36H,1-2H3;1-17H. The van der Waals surface area contributed by atoms with Crippen LogP contribution in [0.5, 0.6) is 5.75 Å². The van der Waals surface area contributed by atoms with Gasteiger partial charge in [0.05, 0.1) is 33.1 Å². The fourth-order valence-electron chi connectivity index (χ4n) is 19.9. The quantitative estimate of drug-likeness (QED) is 0.104. The molecule has 0 saturated carbocycles. The van der Waals surface area contributed by atoms with Gasteiger partial charge in [0.2, 0.25) is 0 Å². The van der Waals surface area contributed by atoms with Crippen molar-refractivity contribution in [2.24, 2.45) is 0 Å². The van der Waals surface area contributed by atoms with Crippen LogP contribution in [-0.4, -0.2) is 31.0 Å². The van der Waals surface area contributed by atoms with E-state index < -0.39 is 0 Å². The third-order valence-corrected chi connectivity index (χ3v) is 26.6. The Morgan fingerprint density at radius 3 is 1.01 bits per heavy atom. The van der Waals surface area contributed by atoms with Gasteiger partial charge < -0.3 is 37.7 Å². The van der Waals surface area contributed by atoms with Crippen LogP contribution in [0.25, 0.3) is 144 Å². The maximum absolute atomic E-state index is 9.03. The number of halogens is 1. The molecule has 0 fully saturated rings. The fraction of sp³-hybridized carbons (Fsp3) is 0.0508. The van der Waals surface area contributed by atoms with Crippen molar-refractivity contribution >= 4 is 123 Å². The van der Waals surface area contributed by atoms with Crippen molar-refractivity contribution in [2.45, 2.75) is 38.5 Å². The molecular weight excluding hydrogens is 1620 g/mol. The first kappa shape index (κ1) is 78.5. The van der Waals surface area contributed by atoms with E-state index in [1.54, 1.807) is 0 Å². The second-order valence-electron chi connectivity index (χ2n) is 34.1. The zero-order chi connectivity index (χ0) is 86.1. The van der Waals surface area contributed by atoms with Gasteiger partial charge in [-0.25, -0.2) is 0 Å². The molecule has 0 bridgehead atoms. The van der Waals surface area contributed by atoms with Crippen LogP contribution in [0.2, 0.25) is 0 Å². The summed E-state index contributed by atoms with van der Waals surface area (Å²) in [6.45, 7) is 9.32. The summed E-state index contributed by atoms with van der Waals surface area (Å²) in [6, 6.07) is 157. The van der Waals surface area contributed by atoms with Crippen LogP contribution >= 0.6 is 15.9 Å². The van der Waals surface area contributed by atoms with Gasteiger partial charge in [0.1, 0.15) is 5.75 Å². The molecule has 24 rings (SSSR count). The number of nitrogens with zero attached hydrogens (tertiary/aromatic N) is 6. The molecule has 22 aromatic rings. The van der Waals surface area contributed by atoms with E-state index in [0.717, 1.165) is 50.0 Å². The number of benzene rings is 18. The number of rotatable bonds is 15. The lowest BCUT2D eigenvalue weighted by molar-refractivity contribution is 0.454. The van der Waals surface area contributed by atoms with Gasteiger partial charge in [-0.3, -0.25) is 0 Å². The Hall–Kier alpha value is -15.5. The van der Waals surface area contributed by atoms with E-state index >= 15 is 0 Å². The molecule has 0 amide bonds. The predicted octanol–water partition coefficient (Wildman–Crippen LogP) is 31.4. The molecule has 8 nitrogen and oxygen atoms in total. The zero-order valence-electron chi connectivity index (χ0n) is 71.2. The van der Waals surface area contributed by atoms with E-state index in [1.807, 2.05) is 30.3 Å². The molecule has 0 aliphatic heterocycles. The predicted molar refractivity (Wildman–Crippen MR) is 539 cm³/mol. The number of aromatic nitrogens is 4. The van der Waals surface area contributed by atoms with E-state index in [0.29, 0.717) is 13.4 Å². The van der Waals surface area contributed by atoms with Crippen LogP contribution in [0.3, 0.4) is 0 Å². The van der Waals surface area contributed by atoms with Gasteiger partial charge in [-0.1, -0.05) is 304 Å². The van der Waals surface area contributed by atoms with Crippen LogP contribution < -0.4 is 14.5 Å². The molecule has 18 aromatic carbocycles. The molecule has 1 N–H and O–H groups in total. The van der Waals surface area contributed by atoms with Crippen molar-refractivity contribution in [3.05, 3.63) is 476 Å². The minimum Gasteiger partial charge on any atom is -0.537 e. The van der Waals surface area contributed by atoms with E-state index in [4.69, 9.17) is 9.68 Å². The van der Waals surface area contributed by atoms with E-state index in [-0.39, 0.29) is 10.8 Å². The van der Waals surface area contributed by atoms with Gasteiger partial charge in [-0.2, -0.15) is 0 Å². The Balaban J connectivity index is 0.000000124. The normalized spacial score (nSPS) is 12.6. The van der Waals surface area contributed by atoms with Crippen molar-refractivity contribution in [1.82, 2.24) is 18.3 Å². The van der Waals surface area contributed by atoms with E-state index in [1.165, 1.54) is 155 Å². The lowest BCUT2D eigenvalue weighted by atomic mass is 9.82. The van der Waals surface area contributed by atoms with Gasteiger partial charge in [-0.15, -0.1) is 0 Å². The molecule has 1 radical (unpaired) electrons. The lowest BCUT2D eigenvalue weighted by Gasteiger charge is -2.28. The Morgan fingerprint density at radius 2 is 0.594 bits per heavy atom. The van der Waals surface area contributed by atoms with Crippen LogP contribution in [0, 0.1) is 0 Å². The summed E-state index contributed by atoms with van der Waals surface area (Å²) in [7, 11) is 0.704. The smallest absolute Gasteiger partial charge is 0.537 e. The van der Waals surface area contributed by atoms with Crippen LogP contribution in [0.4, 0.5) is 34.1 Å². The third-order valence-electron chi connectivity index (χ3n) is 26.1. The summed E-state index contributed by atoms with van der Waals surface area (Å²) >= 11 is 3.66. The Kier molecular flexibility index (Phi) is 20.0. The number of hydrogen-bond donors (Lipinski definition) is 1. The second kappa shape index (κ2) is 32.6. The van der Waals surface area contributed by atoms with Gasteiger partial charge in [0.25, 0.3) is 0 Å². The summed E-state index contributed by atoms with van der Waals surface area (Å²) in [5, 5.41) is 16.5. The molecule has 0 atom stereocenters. The Morgan fingerprint density at radius 1 is 0.266 bits per heavy atom. The third kappa shape index (κ3) is 13.8. The monoisotopic (exact) mass is 1710 g/mol. The van der Waals surface area contributed by atoms with Crippen molar-refractivity contribution < 1.29 is 9.68 Å². The van der Waals surface area contributed by atoms with Gasteiger partial charge in [0.15, 0.2) is 0 Å². The zero-order valence-corrected chi connectivity index (χ0v) is 72.8. The highest BCUT2D eigenvalue weighted by Crippen LogP contribution is 2.54. The molecule has 2 aliphatic rings. The molecule has 0 spiro atoms. The van der Waals surface area contributed by atoms with E-state index in [9.17, 15) is 0 Å². The highest BCUT2D eigenvalue weighted by Gasteiger charge is 2.38. The fourth-order valence-corrected chi connectivity index (χ4v) is 20.2. The minimum atomic E-state index is -0.104. The molecule has 0 saturated heterocycles. The summed E-state index contributed by atoms with van der Waals surface area (Å²) in [4.78, 5) is 4.67. The molecule has 4 heterocycles. The molecule has 611 valence electrons. The Bertz CT molecular complexity index is 7910. The van der Waals surface area contributed by atoms with Crippen molar-refractivity contribution in [1.29, 1.82) is 0 Å². The molecule has 0 unspecified atom stereocenters.